The Hall–Kier alpha value is -2.22. The molecule has 0 aliphatic carbocycles. The van der Waals surface area contributed by atoms with Crippen molar-refractivity contribution in [2.75, 3.05) is 0 Å². The average Bonchev–Trinajstić information content (AvgIpc) is 2.61. The number of hydrogen-bond donors (Lipinski definition) is 0. The van der Waals surface area contributed by atoms with Gasteiger partial charge in [-0.25, -0.2) is 12.8 Å². The Morgan fingerprint density at radius 3 is 2.18 bits per heavy atom. The minimum atomic E-state index is -4.64. The molecule has 0 atom stereocenters. The van der Waals surface area contributed by atoms with Crippen molar-refractivity contribution in [3.63, 3.8) is 0 Å². The molecule has 2 aromatic rings. The van der Waals surface area contributed by atoms with E-state index in [2.05, 4.69) is 0 Å². The SMILES string of the molecule is CC(C)(CCCC(=O)c1ccc(F)cc1)S(=O)(=O)c1cccc(C(F)(F)F)c1. The summed E-state index contributed by atoms with van der Waals surface area (Å²) in [5, 5.41) is 0. The monoisotopic (exact) mass is 416 g/mol. The zero-order valence-corrected chi connectivity index (χ0v) is 16.2. The molecule has 0 N–H and O–H groups in total. The van der Waals surface area contributed by atoms with Crippen LogP contribution in [0.15, 0.2) is 53.4 Å². The van der Waals surface area contributed by atoms with Crippen LogP contribution in [0.1, 0.15) is 49.0 Å². The summed E-state index contributed by atoms with van der Waals surface area (Å²) in [6.07, 6.45) is -4.29. The predicted octanol–water partition coefficient (Wildman–Crippen LogP) is 5.45. The molecular weight excluding hydrogens is 396 g/mol. The molecule has 0 aliphatic rings. The first-order chi connectivity index (χ1) is 12.8. The summed E-state index contributed by atoms with van der Waals surface area (Å²) in [6, 6.07) is 8.66. The lowest BCUT2D eigenvalue weighted by molar-refractivity contribution is -0.137. The summed E-state index contributed by atoms with van der Waals surface area (Å²) in [5.41, 5.74) is -0.712. The fourth-order valence-corrected chi connectivity index (χ4v) is 4.34. The molecule has 2 rings (SSSR count). The number of halogens is 4. The van der Waals surface area contributed by atoms with E-state index < -0.39 is 37.0 Å². The second-order valence-corrected chi connectivity index (χ2v) is 9.66. The number of ketones is 1. The lowest BCUT2D eigenvalue weighted by Gasteiger charge is -2.25. The number of hydrogen-bond acceptors (Lipinski definition) is 3. The largest absolute Gasteiger partial charge is 0.416 e. The van der Waals surface area contributed by atoms with Crippen LogP contribution in [-0.4, -0.2) is 18.9 Å². The van der Waals surface area contributed by atoms with E-state index in [1.807, 2.05) is 0 Å². The molecule has 8 heteroatoms. The number of carbonyl (C=O) groups excluding carboxylic acids is 1. The molecule has 0 saturated heterocycles. The first kappa shape index (κ1) is 22.1. The van der Waals surface area contributed by atoms with Crippen molar-refractivity contribution in [1.29, 1.82) is 0 Å². The molecule has 0 saturated carbocycles. The topological polar surface area (TPSA) is 51.2 Å². The van der Waals surface area contributed by atoms with Crippen LogP contribution < -0.4 is 0 Å². The van der Waals surface area contributed by atoms with Crippen LogP contribution in [0.2, 0.25) is 0 Å². The molecule has 3 nitrogen and oxygen atoms in total. The summed E-state index contributed by atoms with van der Waals surface area (Å²) in [4.78, 5) is 11.7. The van der Waals surface area contributed by atoms with Crippen molar-refractivity contribution in [2.24, 2.45) is 0 Å². The van der Waals surface area contributed by atoms with Crippen LogP contribution >= 0.6 is 0 Å². The van der Waals surface area contributed by atoms with Crippen LogP contribution in [0.4, 0.5) is 17.6 Å². The molecule has 0 aromatic heterocycles. The van der Waals surface area contributed by atoms with Crippen LogP contribution in [0.25, 0.3) is 0 Å². The van der Waals surface area contributed by atoms with E-state index >= 15 is 0 Å². The Balaban J connectivity index is 2.10. The highest BCUT2D eigenvalue weighted by molar-refractivity contribution is 7.92. The van der Waals surface area contributed by atoms with Gasteiger partial charge in [0.1, 0.15) is 5.82 Å². The van der Waals surface area contributed by atoms with Crippen molar-refractivity contribution in [3.05, 3.63) is 65.5 Å². The number of alkyl halides is 3. The van der Waals surface area contributed by atoms with Gasteiger partial charge in [-0.1, -0.05) is 6.07 Å². The molecule has 28 heavy (non-hydrogen) atoms. The summed E-state index contributed by atoms with van der Waals surface area (Å²) in [6.45, 7) is 2.84. The van der Waals surface area contributed by atoms with Gasteiger partial charge in [-0.15, -0.1) is 0 Å². The lowest BCUT2D eigenvalue weighted by Crippen LogP contribution is -2.32. The number of rotatable bonds is 7. The highest BCUT2D eigenvalue weighted by Gasteiger charge is 2.37. The van der Waals surface area contributed by atoms with E-state index in [0.717, 1.165) is 30.3 Å². The fourth-order valence-electron chi connectivity index (χ4n) is 2.75. The zero-order valence-electron chi connectivity index (χ0n) is 15.4. The number of benzene rings is 2. The van der Waals surface area contributed by atoms with E-state index in [1.165, 1.54) is 26.0 Å². The van der Waals surface area contributed by atoms with Gasteiger partial charge in [0, 0.05) is 12.0 Å². The van der Waals surface area contributed by atoms with Gasteiger partial charge < -0.3 is 0 Å². The second kappa shape index (κ2) is 8.03. The average molecular weight is 416 g/mol. The van der Waals surface area contributed by atoms with Gasteiger partial charge in [0.15, 0.2) is 15.6 Å². The quantitative estimate of drug-likeness (QED) is 0.446. The van der Waals surface area contributed by atoms with E-state index in [-0.39, 0.29) is 25.0 Å². The van der Waals surface area contributed by atoms with Crippen molar-refractivity contribution < 1.29 is 30.8 Å². The van der Waals surface area contributed by atoms with Crippen molar-refractivity contribution in [3.8, 4) is 0 Å². The van der Waals surface area contributed by atoms with Gasteiger partial charge in [-0.3, -0.25) is 4.79 Å². The summed E-state index contributed by atoms with van der Waals surface area (Å²) < 4.78 is 75.8. The molecule has 0 spiro atoms. The molecular formula is C20H20F4O3S. The fraction of sp³-hybridized carbons (Fsp3) is 0.350. The standard InChI is InChI=1S/C20H20F4O3S/c1-19(2,12-4-7-18(25)14-8-10-16(21)11-9-14)28(26,27)17-6-3-5-15(13-17)20(22,23)24/h3,5-6,8-11,13H,4,7,12H2,1-2H3. The molecule has 0 fully saturated rings. The normalized spacial score (nSPS) is 12.8. The van der Waals surface area contributed by atoms with Gasteiger partial charge in [0.05, 0.1) is 15.2 Å². The Kier molecular flexibility index (Phi) is 6.33. The van der Waals surface area contributed by atoms with Crippen LogP contribution in [0.3, 0.4) is 0 Å². The van der Waals surface area contributed by atoms with Crippen molar-refractivity contribution >= 4 is 15.6 Å². The molecule has 0 amide bonds. The van der Waals surface area contributed by atoms with E-state index in [9.17, 15) is 30.8 Å². The molecule has 0 bridgehead atoms. The third-order valence-electron chi connectivity index (χ3n) is 4.55. The summed E-state index contributed by atoms with van der Waals surface area (Å²) in [7, 11) is -4.05. The molecule has 0 radical (unpaired) electrons. The van der Waals surface area contributed by atoms with Gasteiger partial charge in [-0.2, -0.15) is 13.2 Å². The molecule has 0 unspecified atom stereocenters. The number of Topliss-reactive ketones (excluding diaryl/α,β-unsaturated/α-hetero) is 1. The highest BCUT2D eigenvalue weighted by Crippen LogP contribution is 2.34. The predicted molar refractivity (Wildman–Crippen MR) is 97.3 cm³/mol. The third kappa shape index (κ3) is 4.98. The van der Waals surface area contributed by atoms with Crippen LogP contribution in [0, 0.1) is 5.82 Å². The van der Waals surface area contributed by atoms with E-state index in [1.54, 1.807) is 0 Å². The maximum Gasteiger partial charge on any atom is 0.416 e. The summed E-state index contributed by atoms with van der Waals surface area (Å²) in [5.74, 6) is -0.725. The Labute approximate surface area is 161 Å². The second-order valence-electron chi connectivity index (χ2n) is 7.07. The Morgan fingerprint density at radius 2 is 1.61 bits per heavy atom. The highest BCUT2D eigenvalue weighted by atomic mass is 32.2. The van der Waals surface area contributed by atoms with Gasteiger partial charge in [0.2, 0.25) is 0 Å². The third-order valence-corrected chi connectivity index (χ3v) is 7.08. The van der Waals surface area contributed by atoms with Crippen LogP contribution in [0.5, 0.6) is 0 Å². The molecule has 2 aromatic carbocycles. The zero-order chi connectivity index (χ0) is 21.2. The van der Waals surface area contributed by atoms with Crippen molar-refractivity contribution in [2.45, 2.75) is 48.9 Å². The smallest absolute Gasteiger partial charge is 0.294 e. The van der Waals surface area contributed by atoms with Gasteiger partial charge in [0.25, 0.3) is 0 Å². The first-order valence-electron chi connectivity index (χ1n) is 8.55. The van der Waals surface area contributed by atoms with Crippen molar-refractivity contribution in [1.82, 2.24) is 0 Å². The van der Waals surface area contributed by atoms with Crippen LogP contribution in [-0.2, 0) is 16.0 Å². The molecule has 0 aliphatic heterocycles. The minimum absolute atomic E-state index is 0.0488. The number of sulfone groups is 1. The minimum Gasteiger partial charge on any atom is -0.294 e. The maximum absolute atomic E-state index is 12.9. The van der Waals surface area contributed by atoms with E-state index in [4.69, 9.17) is 0 Å². The summed E-state index contributed by atoms with van der Waals surface area (Å²) >= 11 is 0. The number of carbonyl (C=O) groups is 1. The Morgan fingerprint density at radius 1 is 1.00 bits per heavy atom. The first-order valence-corrected chi connectivity index (χ1v) is 10.0. The Bertz CT molecular complexity index is 946. The molecule has 0 heterocycles. The lowest BCUT2D eigenvalue weighted by atomic mass is 10.0. The van der Waals surface area contributed by atoms with Gasteiger partial charge in [-0.05, 0) is 69.2 Å². The maximum atomic E-state index is 12.9. The molecule has 152 valence electrons. The van der Waals surface area contributed by atoms with Gasteiger partial charge >= 0.3 is 6.18 Å². The van der Waals surface area contributed by atoms with E-state index in [0.29, 0.717) is 11.6 Å².